The molecule has 0 saturated heterocycles. The van der Waals surface area contributed by atoms with E-state index in [0.29, 0.717) is 17.9 Å². The van der Waals surface area contributed by atoms with Crippen LogP contribution in [-0.4, -0.2) is 49.1 Å². The molecule has 1 aromatic carbocycles. The van der Waals surface area contributed by atoms with Gasteiger partial charge in [-0.25, -0.2) is 0 Å². The Labute approximate surface area is 161 Å². The number of pyridine rings is 1. The zero-order chi connectivity index (χ0) is 19.3. The van der Waals surface area contributed by atoms with Gasteiger partial charge in [-0.15, -0.1) is 10.2 Å². The molecule has 3 rings (SSSR count). The lowest BCUT2D eigenvalue weighted by Crippen LogP contribution is -2.42. The van der Waals surface area contributed by atoms with Gasteiger partial charge in [0.25, 0.3) is 0 Å². The largest absolute Gasteiger partial charge is 0.298 e. The van der Waals surface area contributed by atoms with Crippen molar-refractivity contribution in [3.8, 4) is 0 Å². The smallest absolute Gasteiger partial charge is 0.191 e. The molecule has 142 valence electrons. The number of hydrogen-bond acceptors (Lipinski definition) is 5. The quantitative estimate of drug-likeness (QED) is 0.663. The molecule has 6 heteroatoms. The fraction of sp³-hybridized carbons (Fsp3) is 0.429. The van der Waals surface area contributed by atoms with E-state index in [2.05, 4.69) is 83.6 Å². The highest BCUT2D eigenvalue weighted by atomic mass is 15.5. The lowest BCUT2D eigenvalue weighted by atomic mass is 9.73. The van der Waals surface area contributed by atoms with Crippen LogP contribution >= 0.6 is 0 Å². The molecule has 2 aromatic heterocycles. The Morgan fingerprint density at radius 3 is 2.22 bits per heavy atom. The van der Waals surface area contributed by atoms with Gasteiger partial charge in [-0.2, -0.15) is 5.21 Å². The van der Waals surface area contributed by atoms with Gasteiger partial charge < -0.3 is 0 Å². The molecule has 0 aliphatic rings. The SMILES string of the molecule is CC(C)N(CCC(c1ccccc1)(c1ccccn1)c1nn[nH]n1)C(C)C. The molecule has 0 bridgehead atoms. The minimum Gasteiger partial charge on any atom is -0.298 e. The molecule has 1 unspecified atom stereocenters. The summed E-state index contributed by atoms with van der Waals surface area (Å²) in [4.78, 5) is 7.20. The number of benzene rings is 1. The summed E-state index contributed by atoms with van der Waals surface area (Å²) in [6.45, 7) is 9.84. The summed E-state index contributed by atoms with van der Waals surface area (Å²) in [7, 11) is 0. The van der Waals surface area contributed by atoms with Crippen LogP contribution in [0.5, 0.6) is 0 Å². The first-order valence-corrected chi connectivity index (χ1v) is 9.52. The van der Waals surface area contributed by atoms with E-state index in [1.807, 2.05) is 24.4 Å². The molecule has 2 heterocycles. The van der Waals surface area contributed by atoms with Crippen molar-refractivity contribution < 1.29 is 0 Å². The third-order valence-corrected chi connectivity index (χ3v) is 5.17. The van der Waals surface area contributed by atoms with Crippen LogP contribution in [0.4, 0.5) is 0 Å². The minimum atomic E-state index is -0.558. The minimum absolute atomic E-state index is 0.451. The van der Waals surface area contributed by atoms with Crippen molar-refractivity contribution in [2.45, 2.75) is 51.6 Å². The number of nitrogens with one attached hydrogen (secondary N) is 1. The predicted octanol–water partition coefficient (Wildman–Crippen LogP) is 3.44. The van der Waals surface area contributed by atoms with Gasteiger partial charge in [0.2, 0.25) is 0 Å². The van der Waals surface area contributed by atoms with Crippen molar-refractivity contribution >= 4 is 0 Å². The molecule has 1 atom stereocenters. The second-order valence-electron chi connectivity index (χ2n) is 7.40. The Bertz CT molecular complexity index is 752. The molecule has 0 aliphatic heterocycles. The Hall–Kier alpha value is -2.60. The highest BCUT2D eigenvalue weighted by Crippen LogP contribution is 2.39. The monoisotopic (exact) mass is 364 g/mol. The second kappa shape index (κ2) is 8.39. The van der Waals surface area contributed by atoms with Crippen molar-refractivity contribution in [2.24, 2.45) is 0 Å². The van der Waals surface area contributed by atoms with Gasteiger partial charge in [-0.1, -0.05) is 41.6 Å². The number of aromatic nitrogens is 5. The molecule has 0 saturated carbocycles. The molecular weight excluding hydrogens is 336 g/mol. The molecule has 27 heavy (non-hydrogen) atoms. The van der Waals surface area contributed by atoms with Gasteiger partial charge in [0, 0.05) is 24.8 Å². The third-order valence-electron chi connectivity index (χ3n) is 5.17. The zero-order valence-corrected chi connectivity index (χ0v) is 16.5. The fourth-order valence-electron chi connectivity index (χ4n) is 3.87. The third kappa shape index (κ3) is 3.90. The average Bonchev–Trinajstić information content (AvgIpc) is 3.21. The highest BCUT2D eigenvalue weighted by Gasteiger charge is 2.42. The summed E-state index contributed by atoms with van der Waals surface area (Å²) in [5.74, 6) is 0.653. The maximum absolute atomic E-state index is 4.71. The van der Waals surface area contributed by atoms with Crippen LogP contribution in [0.2, 0.25) is 0 Å². The van der Waals surface area contributed by atoms with Crippen molar-refractivity contribution in [3.05, 3.63) is 71.8 Å². The highest BCUT2D eigenvalue weighted by molar-refractivity contribution is 5.42. The maximum Gasteiger partial charge on any atom is 0.191 e. The maximum atomic E-state index is 4.71. The molecule has 6 nitrogen and oxygen atoms in total. The normalized spacial score (nSPS) is 14.0. The number of aromatic amines is 1. The summed E-state index contributed by atoms with van der Waals surface area (Å²) in [6.07, 6.45) is 2.64. The molecule has 0 spiro atoms. The van der Waals surface area contributed by atoms with E-state index in [4.69, 9.17) is 4.98 Å². The molecule has 0 aliphatic carbocycles. The second-order valence-corrected chi connectivity index (χ2v) is 7.40. The van der Waals surface area contributed by atoms with E-state index in [9.17, 15) is 0 Å². The summed E-state index contributed by atoms with van der Waals surface area (Å²) in [6, 6.07) is 17.3. The number of nitrogens with zero attached hydrogens (tertiary/aromatic N) is 5. The van der Waals surface area contributed by atoms with Crippen LogP contribution in [0.1, 0.15) is 51.2 Å². The number of hydrogen-bond donors (Lipinski definition) is 1. The molecule has 0 radical (unpaired) electrons. The zero-order valence-electron chi connectivity index (χ0n) is 16.5. The molecule has 3 aromatic rings. The number of H-pyrrole nitrogens is 1. The molecule has 0 fully saturated rings. The van der Waals surface area contributed by atoms with E-state index >= 15 is 0 Å². The van der Waals surface area contributed by atoms with Gasteiger partial charge in [-0.3, -0.25) is 9.88 Å². The van der Waals surface area contributed by atoms with Crippen LogP contribution in [0, 0.1) is 0 Å². The van der Waals surface area contributed by atoms with Crippen molar-refractivity contribution in [3.63, 3.8) is 0 Å². The van der Waals surface area contributed by atoms with Gasteiger partial charge >= 0.3 is 0 Å². The average molecular weight is 364 g/mol. The van der Waals surface area contributed by atoms with Crippen LogP contribution in [0.3, 0.4) is 0 Å². The van der Waals surface area contributed by atoms with E-state index in [-0.39, 0.29) is 0 Å². The molecule has 1 N–H and O–H groups in total. The Kier molecular flexibility index (Phi) is 5.96. The number of rotatable bonds is 8. The van der Waals surface area contributed by atoms with E-state index in [1.54, 1.807) is 0 Å². The summed E-state index contributed by atoms with van der Waals surface area (Å²) in [5.41, 5.74) is 1.50. The van der Waals surface area contributed by atoms with Crippen LogP contribution in [0.25, 0.3) is 0 Å². The number of tetrazole rings is 1. The van der Waals surface area contributed by atoms with E-state index < -0.39 is 5.41 Å². The Morgan fingerprint density at radius 1 is 0.963 bits per heavy atom. The van der Waals surface area contributed by atoms with Crippen LogP contribution in [0.15, 0.2) is 54.7 Å². The lowest BCUT2D eigenvalue weighted by Gasteiger charge is -2.36. The summed E-state index contributed by atoms with van der Waals surface area (Å²) < 4.78 is 0. The van der Waals surface area contributed by atoms with Gasteiger partial charge in [0.05, 0.1) is 5.69 Å². The van der Waals surface area contributed by atoms with Crippen LogP contribution < -0.4 is 0 Å². The first-order chi connectivity index (χ1) is 13.1. The first kappa shape index (κ1) is 19.2. The summed E-state index contributed by atoms with van der Waals surface area (Å²) in [5, 5.41) is 15.3. The van der Waals surface area contributed by atoms with E-state index in [0.717, 1.165) is 24.2 Å². The van der Waals surface area contributed by atoms with Crippen LogP contribution in [-0.2, 0) is 5.41 Å². The Morgan fingerprint density at radius 2 is 1.67 bits per heavy atom. The Balaban J connectivity index is 2.13. The topological polar surface area (TPSA) is 70.6 Å². The summed E-state index contributed by atoms with van der Waals surface area (Å²) >= 11 is 0. The standard InChI is InChI=1S/C21H28N6/c1-16(2)27(17(3)4)15-13-21(20-23-25-26-24-20,18-10-6-5-7-11-18)19-12-8-9-14-22-19/h5-12,14,16-17H,13,15H2,1-4H3,(H,23,24,25,26). The van der Waals surface area contributed by atoms with Crippen molar-refractivity contribution in [1.29, 1.82) is 0 Å². The fourth-order valence-corrected chi connectivity index (χ4v) is 3.87. The predicted molar refractivity (Wildman–Crippen MR) is 106 cm³/mol. The van der Waals surface area contributed by atoms with Gasteiger partial charge in [-0.05, 0) is 51.8 Å². The molecule has 0 amide bonds. The van der Waals surface area contributed by atoms with Gasteiger partial charge in [0.1, 0.15) is 5.41 Å². The lowest BCUT2D eigenvalue weighted by molar-refractivity contribution is 0.163. The van der Waals surface area contributed by atoms with Crippen molar-refractivity contribution in [1.82, 2.24) is 30.5 Å². The molecular formula is C21H28N6. The van der Waals surface area contributed by atoms with Gasteiger partial charge in [0.15, 0.2) is 5.82 Å². The first-order valence-electron chi connectivity index (χ1n) is 9.52. The van der Waals surface area contributed by atoms with E-state index in [1.165, 1.54) is 0 Å². The van der Waals surface area contributed by atoms with Crippen molar-refractivity contribution in [2.75, 3.05) is 6.54 Å².